The Morgan fingerprint density at radius 2 is 1.54 bits per heavy atom. The first-order valence-corrected chi connectivity index (χ1v) is 8.40. The maximum Gasteiger partial charge on any atom is 0.241 e. The van der Waals surface area contributed by atoms with Crippen molar-refractivity contribution >= 4 is 24.0 Å². The van der Waals surface area contributed by atoms with Gasteiger partial charge < -0.3 is 4.90 Å². The summed E-state index contributed by atoms with van der Waals surface area (Å²) in [6.45, 7) is 7.13. The van der Waals surface area contributed by atoms with Gasteiger partial charge in [0.05, 0.1) is 13.1 Å². The van der Waals surface area contributed by atoms with E-state index in [0.717, 1.165) is 25.2 Å². The van der Waals surface area contributed by atoms with Crippen LogP contribution in [0.2, 0.25) is 0 Å². The van der Waals surface area contributed by atoms with Gasteiger partial charge >= 0.3 is 0 Å². The molecule has 128 valence electrons. The summed E-state index contributed by atoms with van der Waals surface area (Å²) in [4.78, 5) is 17.1. The van der Waals surface area contributed by atoms with Gasteiger partial charge in [0.25, 0.3) is 0 Å². The molecule has 0 radical (unpaired) electrons. The number of carbonyl (C=O) groups excluding carboxylic acids is 1. The minimum atomic E-state index is 0. The fourth-order valence-electron chi connectivity index (χ4n) is 3.21. The third-order valence-electron chi connectivity index (χ3n) is 4.66. The van der Waals surface area contributed by atoms with Crippen LogP contribution in [0.4, 0.5) is 5.69 Å². The van der Waals surface area contributed by atoms with Gasteiger partial charge in [0, 0.05) is 5.69 Å². The standard InChI is InChI=1S/C20H24N2O.ClH/c1-3-21(4-2)15-20(23)22-14-18-11-6-5-9-16(18)13-17-10-7-8-12-19(17)22;/h5-12H,3-4,13-15H2,1-2H3;1H. The van der Waals surface area contributed by atoms with E-state index in [4.69, 9.17) is 0 Å². The molecule has 3 rings (SSSR count). The van der Waals surface area contributed by atoms with Crippen LogP contribution in [0, 0.1) is 0 Å². The molecule has 1 aliphatic heterocycles. The number of nitrogens with zero attached hydrogens (tertiary/aromatic N) is 2. The van der Waals surface area contributed by atoms with Gasteiger partial charge in [-0.05, 0) is 42.3 Å². The van der Waals surface area contributed by atoms with E-state index in [2.05, 4.69) is 61.2 Å². The number of anilines is 1. The van der Waals surface area contributed by atoms with Gasteiger partial charge in [-0.1, -0.05) is 56.3 Å². The zero-order valence-corrected chi connectivity index (χ0v) is 15.2. The topological polar surface area (TPSA) is 23.6 Å². The fourth-order valence-corrected chi connectivity index (χ4v) is 3.21. The first-order valence-electron chi connectivity index (χ1n) is 8.40. The number of benzene rings is 2. The molecule has 1 amide bonds. The Labute approximate surface area is 150 Å². The maximum atomic E-state index is 12.9. The molecule has 0 fully saturated rings. The molecule has 24 heavy (non-hydrogen) atoms. The van der Waals surface area contributed by atoms with Gasteiger partial charge in [-0.2, -0.15) is 0 Å². The van der Waals surface area contributed by atoms with Gasteiger partial charge in [-0.15, -0.1) is 12.4 Å². The van der Waals surface area contributed by atoms with E-state index in [1.54, 1.807) is 0 Å². The van der Waals surface area contributed by atoms with E-state index in [-0.39, 0.29) is 18.3 Å². The number of amides is 1. The zero-order chi connectivity index (χ0) is 16.2. The van der Waals surface area contributed by atoms with Crippen molar-refractivity contribution in [3.8, 4) is 0 Å². The van der Waals surface area contributed by atoms with Crippen LogP contribution >= 0.6 is 12.4 Å². The second-order valence-electron chi connectivity index (χ2n) is 6.02. The smallest absolute Gasteiger partial charge is 0.241 e. The maximum absolute atomic E-state index is 12.9. The fraction of sp³-hybridized carbons (Fsp3) is 0.350. The number of para-hydroxylation sites is 1. The Morgan fingerprint density at radius 3 is 2.21 bits per heavy atom. The van der Waals surface area contributed by atoms with Crippen molar-refractivity contribution in [2.75, 3.05) is 24.5 Å². The first kappa shape index (κ1) is 18.5. The van der Waals surface area contributed by atoms with Crippen LogP contribution in [-0.2, 0) is 17.8 Å². The van der Waals surface area contributed by atoms with E-state index in [1.165, 1.54) is 16.7 Å². The third-order valence-corrected chi connectivity index (χ3v) is 4.66. The first-order chi connectivity index (χ1) is 11.2. The highest BCUT2D eigenvalue weighted by molar-refractivity contribution is 5.95. The van der Waals surface area contributed by atoms with Crippen LogP contribution in [0.3, 0.4) is 0 Å². The monoisotopic (exact) mass is 344 g/mol. The van der Waals surface area contributed by atoms with Gasteiger partial charge in [-0.3, -0.25) is 9.69 Å². The Balaban J connectivity index is 0.00000208. The summed E-state index contributed by atoms with van der Waals surface area (Å²) in [6, 6.07) is 16.7. The van der Waals surface area contributed by atoms with Gasteiger partial charge in [0.15, 0.2) is 0 Å². The number of likely N-dealkylation sites (N-methyl/N-ethyl adjacent to an activating group) is 1. The molecular formula is C20H25ClN2O. The van der Waals surface area contributed by atoms with Crippen molar-refractivity contribution in [2.45, 2.75) is 26.8 Å². The van der Waals surface area contributed by atoms with Gasteiger partial charge in [0.2, 0.25) is 5.91 Å². The summed E-state index contributed by atoms with van der Waals surface area (Å²) >= 11 is 0. The van der Waals surface area contributed by atoms with Crippen molar-refractivity contribution in [3.63, 3.8) is 0 Å². The predicted molar refractivity (Wildman–Crippen MR) is 102 cm³/mol. The molecule has 1 heterocycles. The normalized spacial score (nSPS) is 12.9. The van der Waals surface area contributed by atoms with Crippen molar-refractivity contribution in [1.29, 1.82) is 0 Å². The predicted octanol–water partition coefficient (Wildman–Crippen LogP) is 3.89. The number of halogens is 1. The van der Waals surface area contributed by atoms with Crippen molar-refractivity contribution in [3.05, 3.63) is 65.2 Å². The van der Waals surface area contributed by atoms with E-state index in [0.29, 0.717) is 13.1 Å². The Morgan fingerprint density at radius 1 is 0.958 bits per heavy atom. The van der Waals surface area contributed by atoms with Gasteiger partial charge in [0.1, 0.15) is 0 Å². The number of fused-ring (bicyclic) bond motifs is 2. The Bertz CT molecular complexity index is 698. The lowest BCUT2D eigenvalue weighted by molar-refractivity contribution is -0.119. The van der Waals surface area contributed by atoms with Crippen molar-refractivity contribution in [1.82, 2.24) is 4.90 Å². The van der Waals surface area contributed by atoms with Crippen LogP contribution < -0.4 is 4.90 Å². The zero-order valence-electron chi connectivity index (χ0n) is 14.4. The number of carbonyl (C=O) groups is 1. The van der Waals surface area contributed by atoms with Crippen LogP contribution in [0.5, 0.6) is 0 Å². The molecule has 0 aromatic heterocycles. The largest absolute Gasteiger partial charge is 0.307 e. The quantitative estimate of drug-likeness (QED) is 0.840. The minimum Gasteiger partial charge on any atom is -0.307 e. The number of rotatable bonds is 4. The van der Waals surface area contributed by atoms with E-state index < -0.39 is 0 Å². The summed E-state index contributed by atoms with van der Waals surface area (Å²) in [5.41, 5.74) is 4.85. The second-order valence-corrected chi connectivity index (χ2v) is 6.02. The lowest BCUT2D eigenvalue weighted by Gasteiger charge is -2.26. The molecule has 4 heteroatoms. The number of hydrogen-bond donors (Lipinski definition) is 0. The van der Waals surface area contributed by atoms with Crippen LogP contribution in [-0.4, -0.2) is 30.4 Å². The molecule has 1 aliphatic rings. The average molecular weight is 345 g/mol. The third kappa shape index (κ3) is 3.80. The molecular weight excluding hydrogens is 320 g/mol. The summed E-state index contributed by atoms with van der Waals surface area (Å²) in [6.07, 6.45) is 0.890. The Hall–Kier alpha value is -1.84. The summed E-state index contributed by atoms with van der Waals surface area (Å²) < 4.78 is 0. The van der Waals surface area contributed by atoms with E-state index >= 15 is 0 Å². The molecule has 0 bridgehead atoms. The number of hydrogen-bond acceptors (Lipinski definition) is 2. The van der Waals surface area contributed by atoms with E-state index in [9.17, 15) is 4.79 Å². The molecule has 0 saturated carbocycles. The van der Waals surface area contributed by atoms with Crippen LogP contribution in [0.1, 0.15) is 30.5 Å². The second kappa shape index (κ2) is 8.32. The minimum absolute atomic E-state index is 0. The van der Waals surface area contributed by atoms with Crippen molar-refractivity contribution < 1.29 is 4.79 Å². The molecule has 2 aromatic rings. The van der Waals surface area contributed by atoms with Crippen LogP contribution in [0.25, 0.3) is 0 Å². The summed E-state index contributed by atoms with van der Waals surface area (Å²) in [5.74, 6) is 0.179. The van der Waals surface area contributed by atoms with Gasteiger partial charge in [-0.25, -0.2) is 0 Å². The van der Waals surface area contributed by atoms with E-state index in [1.807, 2.05) is 11.0 Å². The highest BCUT2D eigenvalue weighted by Crippen LogP contribution is 2.30. The highest BCUT2D eigenvalue weighted by atomic mass is 35.5. The average Bonchev–Trinajstić information content (AvgIpc) is 2.76. The summed E-state index contributed by atoms with van der Waals surface area (Å²) in [5, 5.41) is 0. The lowest BCUT2D eigenvalue weighted by Crippen LogP contribution is -2.40. The molecule has 2 aromatic carbocycles. The molecule has 0 aliphatic carbocycles. The lowest BCUT2D eigenvalue weighted by atomic mass is 10.0. The van der Waals surface area contributed by atoms with Crippen LogP contribution in [0.15, 0.2) is 48.5 Å². The molecule has 0 atom stereocenters. The molecule has 3 nitrogen and oxygen atoms in total. The SMILES string of the molecule is CCN(CC)CC(=O)N1Cc2ccccc2Cc2ccccc21.Cl. The summed E-state index contributed by atoms with van der Waals surface area (Å²) in [7, 11) is 0. The Kier molecular flexibility index (Phi) is 6.41. The van der Waals surface area contributed by atoms with Crippen molar-refractivity contribution in [2.24, 2.45) is 0 Å². The molecule has 0 N–H and O–H groups in total. The molecule has 0 saturated heterocycles. The molecule has 0 spiro atoms. The highest BCUT2D eigenvalue weighted by Gasteiger charge is 2.24. The molecule has 0 unspecified atom stereocenters.